The lowest BCUT2D eigenvalue weighted by Gasteiger charge is -2.40. The van der Waals surface area contributed by atoms with E-state index in [0.29, 0.717) is 0 Å². The molecule has 0 spiro atoms. The first-order valence-electron chi connectivity index (χ1n) is 12.6. The normalized spacial score (nSPS) is 47.0. The van der Waals surface area contributed by atoms with Crippen molar-refractivity contribution in [2.45, 2.75) is 86.6 Å². The zero-order valence-corrected chi connectivity index (χ0v) is 22.2. The predicted octanol–water partition coefficient (Wildman–Crippen LogP) is -0.559. The Morgan fingerprint density at radius 1 is 0.700 bits per heavy atom. The Balaban J connectivity index is 1.11. The maximum absolute atomic E-state index is 12.3. The maximum Gasteiger partial charge on any atom is 0.363 e. The molecule has 0 bridgehead atoms. The quantitative estimate of drug-likeness (QED) is 0.153. The molecule has 6 rings (SSSR count). The van der Waals surface area contributed by atoms with Gasteiger partial charge in [0, 0.05) is 0 Å². The van der Waals surface area contributed by atoms with Gasteiger partial charge in [-0.25, -0.2) is 9.59 Å². The average Bonchev–Trinajstić information content (AvgIpc) is 3.73. The van der Waals surface area contributed by atoms with Gasteiger partial charge in [-0.15, -0.1) is 11.6 Å². The van der Waals surface area contributed by atoms with Crippen molar-refractivity contribution in [3.63, 3.8) is 0 Å². The molecule has 222 valence electrons. The summed E-state index contributed by atoms with van der Waals surface area (Å²) in [5.74, 6) is -1.30. The molecular formula is C24H29ClO15. The van der Waals surface area contributed by atoms with Crippen LogP contribution in [0.15, 0.2) is 25.0 Å². The van der Waals surface area contributed by atoms with Gasteiger partial charge in [0.05, 0.1) is 20.1 Å². The number of ether oxygens (including phenoxy) is 13. The summed E-state index contributed by atoms with van der Waals surface area (Å²) < 4.78 is 73.4. The molecule has 0 aliphatic carbocycles. The highest BCUT2D eigenvalue weighted by Crippen LogP contribution is 2.42. The van der Waals surface area contributed by atoms with Gasteiger partial charge in [-0.2, -0.15) is 0 Å². The van der Waals surface area contributed by atoms with E-state index >= 15 is 0 Å². The Kier molecular flexibility index (Phi) is 8.06. The molecule has 6 aliphatic heterocycles. The van der Waals surface area contributed by atoms with Gasteiger partial charge in [0.25, 0.3) is 12.6 Å². The third-order valence-electron chi connectivity index (χ3n) is 7.23. The Morgan fingerprint density at radius 3 is 1.90 bits per heavy atom. The van der Waals surface area contributed by atoms with E-state index in [1.165, 1.54) is 20.3 Å². The summed E-state index contributed by atoms with van der Waals surface area (Å²) in [6.45, 7) is 7.47. The van der Waals surface area contributed by atoms with E-state index in [-0.39, 0.29) is 18.2 Å². The van der Waals surface area contributed by atoms with Crippen molar-refractivity contribution in [3.8, 4) is 0 Å². The van der Waals surface area contributed by atoms with Crippen LogP contribution in [0, 0.1) is 0 Å². The van der Waals surface area contributed by atoms with Gasteiger partial charge in [-0.3, -0.25) is 0 Å². The topological polar surface area (TPSA) is 154 Å². The number of carbonyl (C=O) groups is 2. The lowest BCUT2D eigenvalue weighted by atomic mass is 10.0. The highest BCUT2D eigenvalue weighted by atomic mass is 35.5. The second-order valence-electron chi connectivity index (χ2n) is 9.54. The summed E-state index contributed by atoms with van der Waals surface area (Å²) in [7, 11) is 2.39. The van der Waals surface area contributed by atoms with Crippen molar-refractivity contribution in [3.05, 3.63) is 25.0 Å². The second kappa shape index (κ2) is 11.4. The summed E-state index contributed by atoms with van der Waals surface area (Å²) in [4.78, 5) is 24.2. The first-order chi connectivity index (χ1) is 19.3. The van der Waals surface area contributed by atoms with Crippen LogP contribution in [0.4, 0.5) is 0 Å². The van der Waals surface area contributed by atoms with Crippen molar-refractivity contribution in [2.75, 3.05) is 26.7 Å². The van der Waals surface area contributed by atoms with E-state index in [0.717, 1.165) is 0 Å². The minimum absolute atomic E-state index is 0.105. The zero-order chi connectivity index (χ0) is 28.1. The fourth-order valence-electron chi connectivity index (χ4n) is 5.34. The number of esters is 2. The van der Waals surface area contributed by atoms with Crippen LogP contribution >= 0.6 is 11.6 Å². The molecule has 0 aromatic heterocycles. The summed E-state index contributed by atoms with van der Waals surface area (Å²) in [6, 6.07) is 0. The second-order valence-corrected chi connectivity index (χ2v) is 9.85. The van der Waals surface area contributed by atoms with Crippen LogP contribution in [-0.2, 0) is 71.2 Å². The maximum atomic E-state index is 12.3. The standard InChI is InChI=1S/C24H29ClO15/c1-5-11-33-16-14-12(35-21(16)34-11)9(6-25)31-20(37-14)8(2)30-7-10-13-15(38-23(32-10)18(26)28-3)17-22(36-13)40-24(39-17)19(27)29-4/h5,9-17,20-24H,1-2,6-7H2,3-4H3. The van der Waals surface area contributed by atoms with E-state index in [1.807, 2.05) is 0 Å². The zero-order valence-electron chi connectivity index (χ0n) is 21.5. The van der Waals surface area contributed by atoms with Crippen LogP contribution in [0.2, 0.25) is 0 Å². The van der Waals surface area contributed by atoms with Gasteiger partial charge in [-0.1, -0.05) is 13.2 Å². The van der Waals surface area contributed by atoms with Crippen LogP contribution in [0.1, 0.15) is 0 Å². The molecule has 15 nitrogen and oxygen atoms in total. The molecule has 0 saturated carbocycles. The summed E-state index contributed by atoms with van der Waals surface area (Å²) in [5, 5.41) is 0. The number of fused-ring (bicyclic) bond motifs is 6. The molecule has 0 aromatic carbocycles. The van der Waals surface area contributed by atoms with Crippen LogP contribution in [0.3, 0.4) is 0 Å². The largest absolute Gasteiger partial charge is 0.490 e. The number of alkyl halides is 1. The molecule has 0 N–H and O–H groups in total. The molecule has 6 saturated heterocycles. The van der Waals surface area contributed by atoms with Crippen LogP contribution in [0.25, 0.3) is 0 Å². The van der Waals surface area contributed by atoms with E-state index in [2.05, 4.69) is 17.9 Å². The smallest absolute Gasteiger partial charge is 0.363 e. The fourth-order valence-corrected chi connectivity index (χ4v) is 5.59. The monoisotopic (exact) mass is 592 g/mol. The molecule has 6 aliphatic rings. The summed E-state index contributed by atoms with van der Waals surface area (Å²) >= 11 is 6.16. The first-order valence-corrected chi connectivity index (χ1v) is 13.1. The number of hydrogen-bond acceptors (Lipinski definition) is 15. The molecule has 0 radical (unpaired) electrons. The molecular weight excluding hydrogens is 564 g/mol. The van der Waals surface area contributed by atoms with Gasteiger partial charge in [-0.05, 0) is 6.08 Å². The molecule has 0 amide bonds. The minimum Gasteiger partial charge on any atom is -0.490 e. The van der Waals surface area contributed by atoms with Gasteiger partial charge in [0.2, 0.25) is 6.29 Å². The van der Waals surface area contributed by atoms with Crippen molar-refractivity contribution >= 4 is 23.5 Å². The average molecular weight is 593 g/mol. The van der Waals surface area contributed by atoms with Crippen LogP contribution in [-0.4, -0.2) is 125 Å². The first kappa shape index (κ1) is 28.2. The van der Waals surface area contributed by atoms with Crippen molar-refractivity contribution in [2.24, 2.45) is 0 Å². The Labute approximate surface area is 233 Å². The van der Waals surface area contributed by atoms with Gasteiger partial charge in [0.15, 0.2) is 18.9 Å². The highest BCUT2D eigenvalue weighted by Gasteiger charge is 2.61. The van der Waals surface area contributed by atoms with Gasteiger partial charge < -0.3 is 61.6 Å². The minimum atomic E-state index is -1.41. The van der Waals surface area contributed by atoms with Gasteiger partial charge >= 0.3 is 11.9 Å². The number of rotatable bonds is 8. The lowest BCUT2D eigenvalue weighted by Crippen LogP contribution is -2.55. The van der Waals surface area contributed by atoms with Crippen molar-refractivity contribution < 1.29 is 71.2 Å². The molecule has 6 fully saturated rings. The molecule has 0 aromatic rings. The third kappa shape index (κ3) is 4.92. The van der Waals surface area contributed by atoms with Crippen molar-refractivity contribution in [1.29, 1.82) is 0 Å². The van der Waals surface area contributed by atoms with Crippen LogP contribution < -0.4 is 0 Å². The number of methoxy groups -OCH3 is 2. The number of carbonyl (C=O) groups excluding carboxylic acids is 2. The summed E-state index contributed by atoms with van der Waals surface area (Å²) in [5.41, 5.74) is 0. The Bertz CT molecular complexity index is 1010. The lowest BCUT2D eigenvalue weighted by molar-refractivity contribution is -0.303. The summed E-state index contributed by atoms with van der Waals surface area (Å²) in [6.07, 6.45) is -10.0. The molecule has 16 heteroatoms. The molecule has 40 heavy (non-hydrogen) atoms. The Hall–Kier alpha value is -1.89. The number of hydrogen-bond donors (Lipinski definition) is 0. The Morgan fingerprint density at radius 2 is 1.25 bits per heavy atom. The van der Waals surface area contributed by atoms with E-state index < -0.39 is 98.5 Å². The fraction of sp³-hybridized carbons (Fsp3) is 0.750. The van der Waals surface area contributed by atoms with Crippen molar-refractivity contribution in [1.82, 2.24) is 0 Å². The van der Waals surface area contributed by atoms with E-state index in [1.54, 1.807) is 0 Å². The number of halogens is 1. The molecule has 14 unspecified atom stereocenters. The van der Waals surface area contributed by atoms with E-state index in [4.69, 9.17) is 68.4 Å². The van der Waals surface area contributed by atoms with E-state index in [9.17, 15) is 9.59 Å². The van der Waals surface area contributed by atoms with Crippen LogP contribution in [0.5, 0.6) is 0 Å². The SMILES string of the molecule is C=CC1OC2OC3C(CCl)OC(C(=C)OCC4OC(C(=O)OC)OC5C4OC4OC(C(=O)OC)OC45)OC3C2O1. The van der Waals surface area contributed by atoms with Gasteiger partial charge in [0.1, 0.15) is 61.2 Å². The third-order valence-corrected chi connectivity index (χ3v) is 7.54. The molecule has 6 heterocycles. The predicted molar refractivity (Wildman–Crippen MR) is 124 cm³/mol. The highest BCUT2D eigenvalue weighted by molar-refractivity contribution is 6.18. The molecule has 14 atom stereocenters.